The third kappa shape index (κ3) is 5.94. The van der Waals surface area contributed by atoms with Gasteiger partial charge in [-0.1, -0.05) is 45.4 Å². The van der Waals surface area contributed by atoms with Crippen LogP contribution in [-0.2, 0) is 9.53 Å². The maximum atomic E-state index is 11.9. The Hall–Kier alpha value is -1.26. The molecule has 0 spiro atoms. The highest BCUT2D eigenvalue weighted by molar-refractivity contribution is 5.80. The number of amides is 1. The van der Waals surface area contributed by atoms with E-state index in [9.17, 15) is 14.7 Å². The van der Waals surface area contributed by atoms with Crippen molar-refractivity contribution in [2.45, 2.75) is 77.9 Å². The van der Waals surface area contributed by atoms with E-state index in [1.165, 1.54) is 6.42 Å². The Bertz CT molecular complexity index is 356. The van der Waals surface area contributed by atoms with E-state index in [4.69, 9.17) is 4.74 Å². The first kappa shape index (κ1) is 17.8. The minimum atomic E-state index is -0.974. The molecule has 0 heterocycles. The molecule has 21 heavy (non-hydrogen) atoms. The number of rotatable bonds is 5. The van der Waals surface area contributed by atoms with Gasteiger partial charge in [-0.2, -0.15) is 0 Å². The molecule has 0 aromatic rings. The minimum Gasteiger partial charge on any atom is -0.480 e. The summed E-state index contributed by atoms with van der Waals surface area (Å²) < 4.78 is 5.19. The van der Waals surface area contributed by atoms with E-state index in [0.29, 0.717) is 5.92 Å². The summed E-state index contributed by atoms with van der Waals surface area (Å²) in [6.07, 6.45) is 5.74. The number of aliphatic carboxylic acids is 1. The third-order valence-electron chi connectivity index (χ3n) is 4.09. The van der Waals surface area contributed by atoms with Crippen LogP contribution >= 0.6 is 0 Å². The van der Waals surface area contributed by atoms with Crippen LogP contribution in [0.3, 0.4) is 0 Å². The second-order valence-corrected chi connectivity index (χ2v) is 6.93. The van der Waals surface area contributed by atoms with Crippen molar-refractivity contribution in [3.8, 4) is 0 Å². The average Bonchev–Trinajstić information content (AvgIpc) is 2.37. The van der Waals surface area contributed by atoms with Gasteiger partial charge in [-0.3, -0.25) is 0 Å². The van der Waals surface area contributed by atoms with Gasteiger partial charge in [0.25, 0.3) is 0 Å². The molecule has 1 saturated carbocycles. The van der Waals surface area contributed by atoms with Crippen molar-refractivity contribution in [2.24, 2.45) is 11.8 Å². The van der Waals surface area contributed by atoms with Gasteiger partial charge in [0.05, 0.1) is 0 Å². The Morgan fingerprint density at radius 3 is 2.24 bits per heavy atom. The summed E-state index contributed by atoms with van der Waals surface area (Å²) in [5, 5.41) is 12.0. The zero-order chi connectivity index (χ0) is 16.0. The van der Waals surface area contributed by atoms with Crippen LogP contribution < -0.4 is 5.32 Å². The molecule has 1 aliphatic rings. The Labute approximate surface area is 127 Å². The standard InChI is InChI=1S/C16H29NO4/c1-5-12(11-9-7-6-8-10-11)13(14(18)19)17-15(20)21-16(2,3)4/h11-13H,5-10H2,1-4H3,(H,17,20)(H,18,19)/t12?,13-/m0/s1. The van der Waals surface area contributed by atoms with Crippen molar-refractivity contribution < 1.29 is 19.4 Å². The van der Waals surface area contributed by atoms with Crippen LogP contribution in [0.15, 0.2) is 0 Å². The number of hydrogen-bond donors (Lipinski definition) is 2. The Morgan fingerprint density at radius 1 is 1.24 bits per heavy atom. The molecule has 2 N–H and O–H groups in total. The van der Waals surface area contributed by atoms with Gasteiger partial charge >= 0.3 is 12.1 Å². The largest absolute Gasteiger partial charge is 0.480 e. The second kappa shape index (κ2) is 7.66. The molecule has 0 aromatic carbocycles. The van der Waals surface area contributed by atoms with Crippen molar-refractivity contribution in [3.63, 3.8) is 0 Å². The molecule has 0 saturated heterocycles. The summed E-state index contributed by atoms with van der Waals surface area (Å²) in [7, 11) is 0. The third-order valence-corrected chi connectivity index (χ3v) is 4.09. The number of carboxylic acid groups (broad SMARTS) is 1. The molecule has 1 amide bonds. The first-order chi connectivity index (χ1) is 9.74. The van der Waals surface area contributed by atoms with Crippen LogP contribution in [0.4, 0.5) is 4.79 Å². The monoisotopic (exact) mass is 299 g/mol. The van der Waals surface area contributed by atoms with E-state index >= 15 is 0 Å². The lowest BCUT2D eigenvalue weighted by Crippen LogP contribution is -2.49. The fourth-order valence-corrected chi connectivity index (χ4v) is 3.19. The molecule has 0 radical (unpaired) electrons. The van der Waals surface area contributed by atoms with E-state index in [1.54, 1.807) is 20.8 Å². The van der Waals surface area contributed by atoms with Crippen LogP contribution in [0.25, 0.3) is 0 Å². The maximum Gasteiger partial charge on any atom is 0.408 e. The lowest BCUT2D eigenvalue weighted by atomic mass is 9.75. The van der Waals surface area contributed by atoms with Crippen LogP contribution in [0, 0.1) is 11.8 Å². The summed E-state index contributed by atoms with van der Waals surface area (Å²) in [4.78, 5) is 23.5. The Morgan fingerprint density at radius 2 is 1.81 bits per heavy atom. The zero-order valence-electron chi connectivity index (χ0n) is 13.6. The molecule has 122 valence electrons. The van der Waals surface area contributed by atoms with Gasteiger partial charge in [0.15, 0.2) is 0 Å². The highest BCUT2D eigenvalue weighted by Gasteiger charge is 2.35. The molecular formula is C16H29NO4. The molecule has 1 fully saturated rings. The predicted octanol–water partition coefficient (Wildman–Crippen LogP) is 3.57. The molecule has 1 aliphatic carbocycles. The number of carbonyl (C=O) groups is 2. The number of carbonyl (C=O) groups excluding carboxylic acids is 1. The summed E-state index contributed by atoms with van der Waals surface area (Å²) >= 11 is 0. The number of alkyl carbamates (subject to hydrolysis) is 1. The van der Waals surface area contributed by atoms with Gasteiger partial charge in [-0.05, 0) is 32.6 Å². The van der Waals surface area contributed by atoms with E-state index in [0.717, 1.165) is 32.1 Å². The van der Waals surface area contributed by atoms with E-state index < -0.39 is 23.7 Å². The van der Waals surface area contributed by atoms with Crippen molar-refractivity contribution in [2.75, 3.05) is 0 Å². The molecule has 5 nitrogen and oxygen atoms in total. The van der Waals surface area contributed by atoms with E-state index in [1.807, 2.05) is 6.92 Å². The van der Waals surface area contributed by atoms with Crippen molar-refractivity contribution in [1.29, 1.82) is 0 Å². The number of hydrogen-bond acceptors (Lipinski definition) is 3. The normalized spacial score (nSPS) is 19.6. The highest BCUT2D eigenvalue weighted by Crippen LogP contribution is 2.33. The second-order valence-electron chi connectivity index (χ2n) is 6.93. The smallest absolute Gasteiger partial charge is 0.408 e. The van der Waals surface area contributed by atoms with Gasteiger partial charge in [0, 0.05) is 0 Å². The average molecular weight is 299 g/mol. The van der Waals surface area contributed by atoms with Crippen LogP contribution in [-0.4, -0.2) is 28.8 Å². The van der Waals surface area contributed by atoms with Crippen molar-refractivity contribution in [3.05, 3.63) is 0 Å². The molecule has 0 bridgehead atoms. The van der Waals surface area contributed by atoms with Crippen LogP contribution in [0.1, 0.15) is 66.2 Å². The van der Waals surface area contributed by atoms with E-state index in [-0.39, 0.29) is 5.92 Å². The molecule has 0 aliphatic heterocycles. The lowest BCUT2D eigenvalue weighted by Gasteiger charge is -2.34. The SMILES string of the molecule is CCC(C1CCCCC1)[C@H](NC(=O)OC(C)(C)C)C(=O)O. The topological polar surface area (TPSA) is 75.6 Å². The predicted molar refractivity (Wildman–Crippen MR) is 81.1 cm³/mol. The van der Waals surface area contributed by atoms with Crippen LogP contribution in [0.2, 0.25) is 0 Å². The van der Waals surface area contributed by atoms with Crippen molar-refractivity contribution >= 4 is 12.1 Å². The lowest BCUT2D eigenvalue weighted by molar-refractivity contribution is -0.141. The summed E-state index contributed by atoms with van der Waals surface area (Å²) in [6.45, 7) is 7.29. The minimum absolute atomic E-state index is 0.0321. The molecule has 5 heteroatoms. The molecule has 0 aromatic heterocycles. The van der Waals surface area contributed by atoms with Gasteiger partial charge < -0.3 is 15.2 Å². The summed E-state index contributed by atoms with van der Waals surface area (Å²) in [5.41, 5.74) is -0.625. The quantitative estimate of drug-likeness (QED) is 0.813. The number of carboxylic acids is 1. The van der Waals surface area contributed by atoms with Gasteiger partial charge in [-0.25, -0.2) is 9.59 Å². The number of ether oxygens (including phenoxy) is 1. The Kier molecular flexibility index (Phi) is 6.49. The summed E-state index contributed by atoms with van der Waals surface area (Å²) in [5.74, 6) is -0.631. The molecule has 1 rings (SSSR count). The van der Waals surface area contributed by atoms with E-state index in [2.05, 4.69) is 5.32 Å². The number of nitrogens with one attached hydrogen (secondary N) is 1. The molecular weight excluding hydrogens is 270 g/mol. The zero-order valence-corrected chi connectivity index (χ0v) is 13.6. The maximum absolute atomic E-state index is 11.9. The first-order valence-electron chi connectivity index (χ1n) is 7.97. The Balaban J connectivity index is 2.73. The first-order valence-corrected chi connectivity index (χ1v) is 7.97. The van der Waals surface area contributed by atoms with Gasteiger partial charge in [0.2, 0.25) is 0 Å². The fourth-order valence-electron chi connectivity index (χ4n) is 3.19. The fraction of sp³-hybridized carbons (Fsp3) is 0.875. The molecule has 2 atom stereocenters. The van der Waals surface area contributed by atoms with Crippen LogP contribution in [0.5, 0.6) is 0 Å². The van der Waals surface area contributed by atoms with Gasteiger partial charge in [0.1, 0.15) is 11.6 Å². The van der Waals surface area contributed by atoms with Crippen molar-refractivity contribution in [1.82, 2.24) is 5.32 Å². The molecule has 1 unspecified atom stereocenters. The summed E-state index contributed by atoms with van der Waals surface area (Å²) in [6, 6.07) is -0.868. The van der Waals surface area contributed by atoms with Gasteiger partial charge in [-0.15, -0.1) is 0 Å². The highest BCUT2D eigenvalue weighted by atomic mass is 16.6.